The van der Waals surface area contributed by atoms with Crippen molar-refractivity contribution in [3.63, 3.8) is 0 Å². The van der Waals surface area contributed by atoms with Crippen molar-refractivity contribution >= 4 is 11.2 Å². The van der Waals surface area contributed by atoms with Gasteiger partial charge in [0, 0.05) is 12.2 Å². The van der Waals surface area contributed by atoms with E-state index >= 15 is 0 Å². The van der Waals surface area contributed by atoms with E-state index in [2.05, 4.69) is 48.3 Å². The molecule has 2 aromatic rings. The number of nitrogens with zero attached hydrogens (tertiary/aromatic N) is 3. The van der Waals surface area contributed by atoms with Gasteiger partial charge in [-0.15, -0.1) is 0 Å². The minimum atomic E-state index is 0.403. The normalized spacial score (nSPS) is 11.9. The van der Waals surface area contributed by atoms with Gasteiger partial charge in [-0.05, 0) is 38.3 Å². The van der Waals surface area contributed by atoms with Crippen LogP contribution in [0.1, 0.15) is 51.0 Å². The minimum Gasteiger partial charge on any atom is -0.310 e. The van der Waals surface area contributed by atoms with Crippen LogP contribution in [0, 0.1) is 6.92 Å². The smallest absolute Gasteiger partial charge is 0.160 e. The zero-order chi connectivity index (χ0) is 11.9. The number of hydrogen-bond acceptors (Lipinski definition) is 2. The molecule has 86 valence electrons. The number of fused-ring (bicyclic) bond motifs is 1. The lowest BCUT2D eigenvalue weighted by Gasteiger charge is -2.10. The molecule has 0 atom stereocenters. The van der Waals surface area contributed by atoms with Crippen molar-refractivity contribution in [1.29, 1.82) is 0 Å². The van der Waals surface area contributed by atoms with Crippen molar-refractivity contribution in [2.45, 2.75) is 46.6 Å². The summed E-state index contributed by atoms with van der Waals surface area (Å²) in [5.41, 5.74) is 3.36. The molecule has 0 aliphatic rings. The first-order chi connectivity index (χ1) is 7.52. The Hall–Kier alpha value is -1.38. The lowest BCUT2D eigenvalue weighted by atomic mass is 10.0. The van der Waals surface area contributed by atoms with Crippen LogP contribution in [0.5, 0.6) is 0 Å². The second-order valence-corrected chi connectivity index (χ2v) is 4.85. The van der Waals surface area contributed by atoms with Crippen LogP contribution in [-0.2, 0) is 0 Å². The second kappa shape index (κ2) is 3.89. The van der Waals surface area contributed by atoms with Crippen LogP contribution < -0.4 is 0 Å². The van der Waals surface area contributed by atoms with E-state index in [9.17, 15) is 0 Å². The highest BCUT2D eigenvalue weighted by Gasteiger charge is 2.15. The summed E-state index contributed by atoms with van der Waals surface area (Å²) in [6.07, 6.45) is 1.89. The number of aryl methyl sites for hydroxylation is 1. The molecular weight excluding hydrogens is 198 g/mol. The summed E-state index contributed by atoms with van der Waals surface area (Å²) in [5, 5.41) is 0. The van der Waals surface area contributed by atoms with Gasteiger partial charge in [-0.1, -0.05) is 13.8 Å². The van der Waals surface area contributed by atoms with Crippen molar-refractivity contribution in [2.75, 3.05) is 0 Å². The number of pyridine rings is 1. The highest BCUT2D eigenvalue weighted by Crippen LogP contribution is 2.25. The van der Waals surface area contributed by atoms with E-state index in [1.807, 2.05) is 13.1 Å². The Morgan fingerprint density at radius 2 is 1.88 bits per heavy atom. The fourth-order valence-electron chi connectivity index (χ4n) is 2.20. The molecule has 0 aliphatic carbocycles. The van der Waals surface area contributed by atoms with Crippen LogP contribution in [-0.4, -0.2) is 14.5 Å². The zero-order valence-corrected chi connectivity index (χ0v) is 10.7. The van der Waals surface area contributed by atoms with Gasteiger partial charge in [0.15, 0.2) is 5.65 Å². The molecule has 0 spiro atoms. The molecule has 16 heavy (non-hydrogen) atoms. The van der Waals surface area contributed by atoms with Crippen LogP contribution in [0.25, 0.3) is 11.2 Å². The molecule has 2 rings (SSSR count). The average molecular weight is 217 g/mol. The Morgan fingerprint density at radius 1 is 1.19 bits per heavy atom. The highest BCUT2D eigenvalue weighted by molar-refractivity contribution is 5.76. The van der Waals surface area contributed by atoms with Crippen molar-refractivity contribution in [1.82, 2.24) is 14.5 Å². The molecular formula is C13H19N3. The molecule has 2 heterocycles. The molecule has 0 aliphatic heterocycles. The maximum Gasteiger partial charge on any atom is 0.160 e. The fourth-order valence-corrected chi connectivity index (χ4v) is 2.20. The van der Waals surface area contributed by atoms with E-state index < -0.39 is 0 Å². The number of aromatic nitrogens is 3. The zero-order valence-electron chi connectivity index (χ0n) is 10.7. The molecule has 3 nitrogen and oxygen atoms in total. The second-order valence-electron chi connectivity index (χ2n) is 4.85. The molecule has 2 aromatic heterocycles. The first-order valence-corrected chi connectivity index (χ1v) is 5.85. The van der Waals surface area contributed by atoms with Crippen LogP contribution in [0.4, 0.5) is 0 Å². The van der Waals surface area contributed by atoms with Gasteiger partial charge in [0.05, 0.1) is 0 Å². The molecule has 0 fully saturated rings. The Morgan fingerprint density at radius 3 is 2.44 bits per heavy atom. The fraction of sp³-hybridized carbons (Fsp3) is 0.538. The molecule has 3 heteroatoms. The maximum absolute atomic E-state index is 4.66. The summed E-state index contributed by atoms with van der Waals surface area (Å²) >= 11 is 0. The Balaban J connectivity index is 2.78. The molecule has 0 amide bonds. The molecule has 0 bridgehead atoms. The van der Waals surface area contributed by atoms with Crippen molar-refractivity contribution in [3.05, 3.63) is 23.7 Å². The number of imidazole rings is 1. The number of hydrogen-bond donors (Lipinski definition) is 0. The molecule has 0 aromatic carbocycles. The Kier molecular flexibility index (Phi) is 2.70. The first-order valence-electron chi connectivity index (χ1n) is 5.85. The van der Waals surface area contributed by atoms with E-state index in [-0.39, 0.29) is 0 Å². The van der Waals surface area contributed by atoms with Gasteiger partial charge in [-0.2, -0.15) is 0 Å². The van der Waals surface area contributed by atoms with E-state index in [1.54, 1.807) is 0 Å². The Labute approximate surface area is 96.5 Å². The van der Waals surface area contributed by atoms with Crippen molar-refractivity contribution in [2.24, 2.45) is 0 Å². The van der Waals surface area contributed by atoms with Gasteiger partial charge >= 0.3 is 0 Å². The van der Waals surface area contributed by atoms with Crippen LogP contribution in [0.2, 0.25) is 0 Å². The summed E-state index contributed by atoms with van der Waals surface area (Å²) in [5.74, 6) is 1.53. The van der Waals surface area contributed by atoms with E-state index in [1.165, 1.54) is 5.56 Å². The third-order valence-electron chi connectivity index (χ3n) is 2.92. The predicted octanol–water partition coefficient (Wildman–Crippen LogP) is 3.44. The maximum atomic E-state index is 4.66. The van der Waals surface area contributed by atoms with Crippen LogP contribution in [0.3, 0.4) is 0 Å². The summed E-state index contributed by atoms with van der Waals surface area (Å²) in [6.45, 7) is 10.8. The third kappa shape index (κ3) is 1.60. The van der Waals surface area contributed by atoms with Gasteiger partial charge in [-0.3, -0.25) is 0 Å². The summed E-state index contributed by atoms with van der Waals surface area (Å²) in [7, 11) is 0. The van der Waals surface area contributed by atoms with Crippen LogP contribution in [0.15, 0.2) is 12.3 Å². The predicted molar refractivity (Wildman–Crippen MR) is 66.7 cm³/mol. The van der Waals surface area contributed by atoms with Gasteiger partial charge in [-0.25, -0.2) is 9.97 Å². The minimum absolute atomic E-state index is 0.403. The molecule has 0 unspecified atom stereocenters. The average Bonchev–Trinajstić information content (AvgIpc) is 2.52. The molecule has 0 N–H and O–H groups in total. The van der Waals surface area contributed by atoms with E-state index in [4.69, 9.17) is 0 Å². The van der Waals surface area contributed by atoms with Gasteiger partial charge in [0.1, 0.15) is 11.3 Å². The van der Waals surface area contributed by atoms with Gasteiger partial charge in [0.25, 0.3) is 0 Å². The van der Waals surface area contributed by atoms with Gasteiger partial charge in [0.2, 0.25) is 0 Å². The SMILES string of the molecule is Cc1nc2c(C(C)C)ccnc2n1C(C)C. The molecule has 0 saturated carbocycles. The van der Waals surface area contributed by atoms with Crippen molar-refractivity contribution < 1.29 is 0 Å². The molecule has 0 radical (unpaired) electrons. The van der Waals surface area contributed by atoms with Crippen molar-refractivity contribution in [3.8, 4) is 0 Å². The Bertz CT molecular complexity index is 509. The number of rotatable bonds is 2. The molecule has 0 saturated heterocycles. The van der Waals surface area contributed by atoms with Crippen LogP contribution >= 0.6 is 0 Å². The van der Waals surface area contributed by atoms with E-state index in [0.29, 0.717) is 12.0 Å². The summed E-state index contributed by atoms with van der Waals surface area (Å²) < 4.78 is 2.20. The summed E-state index contributed by atoms with van der Waals surface area (Å²) in [4.78, 5) is 9.12. The lowest BCUT2D eigenvalue weighted by Crippen LogP contribution is -2.03. The standard InChI is InChI=1S/C13H19N3/c1-8(2)11-6-7-14-13-12(11)15-10(5)16(13)9(3)4/h6-9H,1-5H3. The quantitative estimate of drug-likeness (QED) is 0.771. The van der Waals surface area contributed by atoms with E-state index in [0.717, 1.165) is 17.0 Å². The topological polar surface area (TPSA) is 30.7 Å². The lowest BCUT2D eigenvalue weighted by molar-refractivity contribution is 0.595. The first kappa shape index (κ1) is 11.1. The third-order valence-corrected chi connectivity index (χ3v) is 2.92. The van der Waals surface area contributed by atoms with Gasteiger partial charge < -0.3 is 4.57 Å². The highest BCUT2D eigenvalue weighted by atomic mass is 15.1. The monoisotopic (exact) mass is 217 g/mol. The largest absolute Gasteiger partial charge is 0.310 e. The summed E-state index contributed by atoms with van der Waals surface area (Å²) in [6, 6.07) is 2.48.